The van der Waals surface area contributed by atoms with E-state index in [4.69, 9.17) is 17.3 Å². The smallest absolute Gasteiger partial charge is 0.399 e. The lowest BCUT2D eigenvalue weighted by atomic mass is 10.3. The number of hydrogen-bond donors (Lipinski definition) is 1. The van der Waals surface area contributed by atoms with Crippen LogP contribution in [-0.4, -0.2) is 9.19 Å². The number of nitrogens with two attached hydrogens (primary N) is 1. The van der Waals surface area contributed by atoms with Gasteiger partial charge in [0.15, 0.2) is 5.03 Å². The number of hydrogen-bond acceptors (Lipinski definition) is 3. The van der Waals surface area contributed by atoms with E-state index < -0.39 is 22.5 Å². The van der Waals surface area contributed by atoms with Crippen molar-refractivity contribution in [2.24, 2.45) is 0 Å². The van der Waals surface area contributed by atoms with Gasteiger partial charge >= 0.3 is 6.18 Å². The third-order valence-electron chi connectivity index (χ3n) is 2.40. The Morgan fingerprint density at radius 3 is 2.30 bits per heavy atom. The number of benzene rings is 1. The summed E-state index contributed by atoms with van der Waals surface area (Å²) < 4.78 is 49.6. The van der Waals surface area contributed by atoms with Crippen LogP contribution < -0.4 is 5.73 Å². The summed E-state index contributed by atoms with van der Waals surface area (Å²) in [5.74, 6) is 0. The molecule has 1 heterocycles. The molecular formula is C12H8ClF3N2OS. The van der Waals surface area contributed by atoms with E-state index in [-0.39, 0.29) is 10.0 Å². The first-order chi connectivity index (χ1) is 9.29. The highest BCUT2D eigenvalue weighted by atomic mass is 35.5. The van der Waals surface area contributed by atoms with Gasteiger partial charge in [0.25, 0.3) is 0 Å². The van der Waals surface area contributed by atoms with E-state index in [1.165, 1.54) is 24.3 Å². The Labute approximate surface area is 120 Å². The molecule has 0 bridgehead atoms. The number of nitrogen functional groups attached to an aromatic ring is 1. The van der Waals surface area contributed by atoms with Crippen LogP contribution >= 0.6 is 11.6 Å². The third-order valence-corrected chi connectivity index (χ3v) is 4.18. The second kappa shape index (κ2) is 5.41. The molecule has 0 amide bonds. The Balaban J connectivity index is 2.38. The number of anilines is 1. The lowest BCUT2D eigenvalue weighted by Gasteiger charge is -2.09. The molecule has 0 aliphatic rings. The minimum absolute atomic E-state index is 0.121. The summed E-state index contributed by atoms with van der Waals surface area (Å²) in [7, 11) is -1.77. The fourth-order valence-corrected chi connectivity index (χ4v) is 2.79. The topological polar surface area (TPSA) is 56.0 Å². The van der Waals surface area contributed by atoms with Gasteiger partial charge in [0.1, 0.15) is 10.8 Å². The zero-order chi connectivity index (χ0) is 14.9. The van der Waals surface area contributed by atoms with Crippen molar-refractivity contribution in [1.82, 2.24) is 4.98 Å². The number of aromatic nitrogens is 1. The van der Waals surface area contributed by atoms with Gasteiger partial charge in [-0.3, -0.25) is 0 Å². The maximum absolute atomic E-state index is 12.5. The molecule has 2 N–H and O–H groups in total. The van der Waals surface area contributed by atoms with Gasteiger partial charge in [-0.1, -0.05) is 11.6 Å². The number of alkyl halides is 3. The first kappa shape index (κ1) is 14.8. The van der Waals surface area contributed by atoms with Crippen LogP contribution in [0.5, 0.6) is 0 Å². The molecule has 0 spiro atoms. The van der Waals surface area contributed by atoms with E-state index in [0.717, 1.165) is 0 Å². The first-order valence-electron chi connectivity index (χ1n) is 5.29. The molecule has 3 nitrogen and oxygen atoms in total. The number of halogens is 4. The van der Waals surface area contributed by atoms with Crippen molar-refractivity contribution >= 4 is 28.1 Å². The Kier molecular flexibility index (Phi) is 4.01. The second-order valence-electron chi connectivity index (χ2n) is 3.85. The first-order valence-corrected chi connectivity index (χ1v) is 6.82. The van der Waals surface area contributed by atoms with Crippen molar-refractivity contribution < 1.29 is 17.4 Å². The fraction of sp³-hybridized carbons (Fsp3) is 0.0833. The van der Waals surface area contributed by atoms with Crippen molar-refractivity contribution in [2.75, 3.05) is 5.73 Å². The highest BCUT2D eigenvalue weighted by molar-refractivity contribution is 7.85. The van der Waals surface area contributed by atoms with Crippen molar-refractivity contribution in [3.8, 4) is 0 Å². The predicted octanol–water partition coefficient (Wildman–Crippen LogP) is 3.50. The minimum atomic E-state index is -4.54. The molecule has 1 aromatic carbocycles. The summed E-state index contributed by atoms with van der Waals surface area (Å²) in [4.78, 5) is 3.92. The molecule has 0 aliphatic carbocycles. The zero-order valence-corrected chi connectivity index (χ0v) is 11.4. The summed E-state index contributed by atoms with van der Waals surface area (Å²) >= 11 is 5.73. The molecule has 2 aromatic rings. The lowest BCUT2D eigenvalue weighted by Crippen LogP contribution is -2.07. The van der Waals surface area contributed by atoms with E-state index in [0.29, 0.717) is 22.8 Å². The van der Waals surface area contributed by atoms with E-state index in [9.17, 15) is 17.4 Å². The maximum Gasteiger partial charge on any atom is 0.417 e. The summed E-state index contributed by atoms with van der Waals surface area (Å²) in [5, 5.41) is -0.417. The van der Waals surface area contributed by atoms with E-state index >= 15 is 0 Å². The van der Waals surface area contributed by atoms with Gasteiger partial charge in [-0.25, -0.2) is 9.19 Å². The van der Waals surface area contributed by atoms with Crippen molar-refractivity contribution in [1.29, 1.82) is 0 Å². The molecular weight excluding hydrogens is 313 g/mol. The van der Waals surface area contributed by atoms with Gasteiger partial charge in [-0.05, 0) is 30.3 Å². The molecule has 0 aliphatic heterocycles. The largest absolute Gasteiger partial charge is 0.417 e. The monoisotopic (exact) mass is 320 g/mol. The third kappa shape index (κ3) is 3.10. The van der Waals surface area contributed by atoms with Gasteiger partial charge in [0.05, 0.1) is 10.6 Å². The molecule has 2 rings (SSSR count). The molecule has 0 saturated carbocycles. The number of rotatable bonds is 2. The molecule has 1 atom stereocenters. The van der Waals surface area contributed by atoms with Gasteiger partial charge in [0, 0.05) is 16.8 Å². The Bertz CT molecular complexity index is 659. The van der Waals surface area contributed by atoms with Crippen LogP contribution in [0.2, 0.25) is 5.02 Å². The fourth-order valence-electron chi connectivity index (χ4n) is 1.42. The normalized spacial score (nSPS) is 13.2. The average molecular weight is 321 g/mol. The van der Waals surface area contributed by atoms with E-state index in [1.807, 2.05) is 0 Å². The van der Waals surface area contributed by atoms with Crippen LogP contribution in [-0.2, 0) is 17.0 Å². The van der Waals surface area contributed by atoms with Gasteiger partial charge in [0.2, 0.25) is 0 Å². The highest BCUT2D eigenvalue weighted by Crippen LogP contribution is 2.32. The van der Waals surface area contributed by atoms with Gasteiger partial charge in [-0.15, -0.1) is 0 Å². The highest BCUT2D eigenvalue weighted by Gasteiger charge is 2.32. The molecule has 0 fully saturated rings. The van der Waals surface area contributed by atoms with Crippen LogP contribution in [0.15, 0.2) is 46.5 Å². The Hall–Kier alpha value is -1.60. The summed E-state index contributed by atoms with van der Waals surface area (Å²) in [6.45, 7) is 0. The quantitative estimate of drug-likeness (QED) is 0.862. The predicted molar refractivity (Wildman–Crippen MR) is 69.8 cm³/mol. The van der Waals surface area contributed by atoms with Crippen LogP contribution in [0.3, 0.4) is 0 Å². The van der Waals surface area contributed by atoms with Crippen LogP contribution in [0.4, 0.5) is 18.9 Å². The Morgan fingerprint density at radius 2 is 1.80 bits per heavy atom. The number of nitrogens with zero attached hydrogens (tertiary/aromatic N) is 1. The van der Waals surface area contributed by atoms with Crippen molar-refractivity contribution in [2.45, 2.75) is 16.1 Å². The molecule has 1 aromatic heterocycles. The molecule has 8 heteroatoms. The molecule has 0 radical (unpaired) electrons. The summed E-state index contributed by atoms with van der Waals surface area (Å²) in [6, 6.07) is 6.78. The van der Waals surface area contributed by atoms with Crippen molar-refractivity contribution in [3.63, 3.8) is 0 Å². The summed E-state index contributed by atoms with van der Waals surface area (Å²) in [5.41, 5.74) is 5.00. The van der Waals surface area contributed by atoms with Crippen LogP contribution in [0.1, 0.15) is 5.56 Å². The molecule has 20 heavy (non-hydrogen) atoms. The van der Waals surface area contributed by atoms with E-state index in [2.05, 4.69) is 4.98 Å². The standard InChI is InChI=1S/C12H8ClF3N2OS/c13-10-5-7(12(14,15)16)6-18-11(10)20(19)9-3-1-8(17)2-4-9/h1-6H,17H2/t20-/m1/s1. The zero-order valence-electron chi connectivity index (χ0n) is 9.82. The Morgan fingerprint density at radius 1 is 1.20 bits per heavy atom. The van der Waals surface area contributed by atoms with Crippen LogP contribution in [0, 0.1) is 0 Å². The summed E-state index contributed by atoms with van der Waals surface area (Å²) in [6.07, 6.45) is -3.94. The minimum Gasteiger partial charge on any atom is -0.399 e. The molecule has 0 unspecified atom stereocenters. The molecule has 0 saturated heterocycles. The molecule has 106 valence electrons. The van der Waals surface area contributed by atoms with E-state index in [1.54, 1.807) is 0 Å². The van der Waals surface area contributed by atoms with Crippen LogP contribution in [0.25, 0.3) is 0 Å². The average Bonchev–Trinajstić information content (AvgIpc) is 2.37. The van der Waals surface area contributed by atoms with Gasteiger partial charge < -0.3 is 5.73 Å². The van der Waals surface area contributed by atoms with Gasteiger partial charge in [-0.2, -0.15) is 13.2 Å². The second-order valence-corrected chi connectivity index (χ2v) is 5.65. The number of pyridine rings is 1. The SMILES string of the molecule is Nc1ccc([S@@](=O)c2ncc(C(F)(F)F)cc2Cl)cc1. The van der Waals surface area contributed by atoms with Crippen molar-refractivity contribution in [3.05, 3.63) is 47.1 Å². The maximum atomic E-state index is 12.5. The lowest BCUT2D eigenvalue weighted by molar-refractivity contribution is -0.137.